The molecular formula is C20H24N2. The van der Waals surface area contributed by atoms with Crippen molar-refractivity contribution >= 4 is 23.5 Å². The first-order chi connectivity index (χ1) is 10.6. The molecule has 3 rings (SSSR count). The predicted octanol–water partition coefficient (Wildman–Crippen LogP) is 4.51. The molecule has 1 aliphatic rings. The van der Waals surface area contributed by atoms with Gasteiger partial charge in [0.2, 0.25) is 0 Å². The molecule has 0 unspecified atom stereocenters. The van der Waals surface area contributed by atoms with Crippen LogP contribution in [0.15, 0.2) is 48.5 Å². The Labute approximate surface area is 133 Å². The first-order valence-electron chi connectivity index (χ1n) is 7.93. The van der Waals surface area contributed by atoms with E-state index in [2.05, 4.69) is 91.5 Å². The second kappa shape index (κ2) is 6.37. The van der Waals surface area contributed by atoms with E-state index in [1.54, 1.807) is 0 Å². The van der Waals surface area contributed by atoms with Crippen LogP contribution in [0.25, 0.3) is 12.2 Å². The number of benzene rings is 2. The largest absolute Gasteiger partial charge is 0.340 e. The van der Waals surface area contributed by atoms with Gasteiger partial charge in [-0.15, -0.1) is 0 Å². The third-order valence-corrected chi connectivity index (χ3v) is 4.07. The molecule has 0 fully saturated rings. The molecule has 0 bridgehead atoms. The Bertz CT molecular complexity index is 623. The molecule has 0 saturated heterocycles. The zero-order valence-electron chi connectivity index (χ0n) is 13.7. The van der Waals surface area contributed by atoms with Crippen molar-refractivity contribution in [2.75, 3.05) is 32.1 Å². The zero-order valence-corrected chi connectivity index (χ0v) is 13.7. The third kappa shape index (κ3) is 3.07. The first-order valence-corrected chi connectivity index (χ1v) is 7.93. The molecule has 1 atom stereocenters. The maximum Gasteiger partial charge on any atom is 0.0484 e. The molecule has 114 valence electrons. The molecule has 1 aliphatic heterocycles. The van der Waals surface area contributed by atoms with Crippen molar-refractivity contribution in [2.24, 2.45) is 5.92 Å². The lowest BCUT2D eigenvalue weighted by Crippen LogP contribution is -2.30. The van der Waals surface area contributed by atoms with Gasteiger partial charge >= 0.3 is 0 Å². The summed E-state index contributed by atoms with van der Waals surface area (Å²) in [7, 11) is 4.28. The number of rotatable bonds is 4. The Balaban J connectivity index is 2.01. The van der Waals surface area contributed by atoms with Gasteiger partial charge in [0, 0.05) is 24.5 Å². The van der Waals surface area contributed by atoms with Gasteiger partial charge in [-0.25, -0.2) is 0 Å². The van der Waals surface area contributed by atoms with E-state index in [0.717, 1.165) is 13.1 Å². The molecule has 1 heterocycles. The van der Waals surface area contributed by atoms with Crippen LogP contribution in [0.1, 0.15) is 18.1 Å². The van der Waals surface area contributed by atoms with Crippen molar-refractivity contribution < 1.29 is 0 Å². The SMILES string of the molecule is C[C@H](CN(C)C)CN1c2ccccc2C=Cc2ccccc21. The van der Waals surface area contributed by atoms with Crippen LogP contribution in [0, 0.1) is 5.92 Å². The smallest absolute Gasteiger partial charge is 0.0484 e. The molecule has 22 heavy (non-hydrogen) atoms. The maximum absolute atomic E-state index is 2.47. The van der Waals surface area contributed by atoms with Crippen LogP contribution >= 0.6 is 0 Å². The Morgan fingerprint density at radius 2 is 1.36 bits per heavy atom. The molecular weight excluding hydrogens is 268 g/mol. The van der Waals surface area contributed by atoms with E-state index in [4.69, 9.17) is 0 Å². The Morgan fingerprint density at radius 1 is 0.864 bits per heavy atom. The maximum atomic E-state index is 2.47. The lowest BCUT2D eigenvalue weighted by molar-refractivity contribution is 0.343. The molecule has 2 nitrogen and oxygen atoms in total. The number of hydrogen-bond acceptors (Lipinski definition) is 2. The monoisotopic (exact) mass is 292 g/mol. The van der Waals surface area contributed by atoms with Gasteiger partial charge in [0.25, 0.3) is 0 Å². The molecule has 0 aliphatic carbocycles. The van der Waals surface area contributed by atoms with Gasteiger partial charge < -0.3 is 9.80 Å². The molecule has 0 saturated carbocycles. The number of fused-ring (bicyclic) bond motifs is 2. The van der Waals surface area contributed by atoms with Gasteiger partial charge in [-0.05, 0) is 43.3 Å². The van der Waals surface area contributed by atoms with E-state index in [1.807, 2.05) is 0 Å². The van der Waals surface area contributed by atoms with Gasteiger partial charge in [0.05, 0.1) is 0 Å². The summed E-state index contributed by atoms with van der Waals surface area (Å²) < 4.78 is 0. The summed E-state index contributed by atoms with van der Waals surface area (Å²) in [4.78, 5) is 4.73. The second-order valence-corrected chi connectivity index (χ2v) is 6.43. The number of hydrogen-bond donors (Lipinski definition) is 0. The summed E-state index contributed by atoms with van der Waals surface area (Å²) >= 11 is 0. The van der Waals surface area contributed by atoms with Gasteiger partial charge in [-0.1, -0.05) is 55.5 Å². The van der Waals surface area contributed by atoms with Gasteiger partial charge in [0.1, 0.15) is 0 Å². The predicted molar refractivity (Wildman–Crippen MR) is 96.5 cm³/mol. The normalized spacial score (nSPS) is 14.5. The number of nitrogens with zero attached hydrogens (tertiary/aromatic N) is 2. The molecule has 0 radical (unpaired) electrons. The molecule has 0 aromatic heterocycles. The Kier molecular flexibility index (Phi) is 4.30. The van der Waals surface area contributed by atoms with E-state index in [0.29, 0.717) is 5.92 Å². The van der Waals surface area contributed by atoms with E-state index >= 15 is 0 Å². The molecule has 0 N–H and O–H groups in total. The highest BCUT2D eigenvalue weighted by molar-refractivity contribution is 5.88. The average molecular weight is 292 g/mol. The van der Waals surface area contributed by atoms with Gasteiger partial charge in [-0.3, -0.25) is 0 Å². The lowest BCUT2D eigenvalue weighted by Gasteiger charge is -2.30. The van der Waals surface area contributed by atoms with Crippen LogP contribution in [0.3, 0.4) is 0 Å². The summed E-state index contributed by atoms with van der Waals surface area (Å²) in [5.74, 6) is 0.592. The van der Waals surface area contributed by atoms with E-state index in [1.165, 1.54) is 22.5 Å². The summed E-state index contributed by atoms with van der Waals surface area (Å²) in [6.45, 7) is 4.44. The lowest BCUT2D eigenvalue weighted by atomic mass is 10.1. The highest BCUT2D eigenvalue weighted by Crippen LogP contribution is 2.36. The number of para-hydroxylation sites is 2. The van der Waals surface area contributed by atoms with Crippen LogP contribution < -0.4 is 4.90 Å². The Morgan fingerprint density at radius 3 is 1.86 bits per heavy atom. The van der Waals surface area contributed by atoms with Crippen LogP contribution in [0.4, 0.5) is 11.4 Å². The van der Waals surface area contributed by atoms with Crippen LogP contribution in [-0.2, 0) is 0 Å². The van der Waals surface area contributed by atoms with Gasteiger partial charge in [0.15, 0.2) is 0 Å². The molecule has 2 heteroatoms. The van der Waals surface area contributed by atoms with Crippen LogP contribution in [-0.4, -0.2) is 32.1 Å². The quantitative estimate of drug-likeness (QED) is 0.818. The fraction of sp³-hybridized carbons (Fsp3) is 0.300. The minimum absolute atomic E-state index is 0.592. The second-order valence-electron chi connectivity index (χ2n) is 6.43. The van der Waals surface area contributed by atoms with Crippen molar-refractivity contribution in [1.29, 1.82) is 0 Å². The van der Waals surface area contributed by atoms with Crippen LogP contribution in [0.5, 0.6) is 0 Å². The zero-order chi connectivity index (χ0) is 15.5. The van der Waals surface area contributed by atoms with E-state index < -0.39 is 0 Å². The molecule has 2 aromatic rings. The van der Waals surface area contributed by atoms with Crippen molar-refractivity contribution in [3.8, 4) is 0 Å². The standard InChI is InChI=1S/C20H24N2/c1-16(14-21(2)3)15-22-19-10-6-4-8-17(19)12-13-18-9-5-7-11-20(18)22/h4-13,16H,14-15H2,1-3H3/t16-/m1/s1. The van der Waals surface area contributed by atoms with Crippen LogP contribution in [0.2, 0.25) is 0 Å². The van der Waals surface area contributed by atoms with Crippen molar-refractivity contribution in [2.45, 2.75) is 6.92 Å². The first kappa shape index (κ1) is 14.9. The minimum atomic E-state index is 0.592. The van der Waals surface area contributed by atoms with E-state index in [-0.39, 0.29) is 0 Å². The summed E-state index contributed by atoms with van der Waals surface area (Å²) in [6, 6.07) is 17.3. The fourth-order valence-electron chi connectivity index (χ4n) is 3.25. The summed E-state index contributed by atoms with van der Waals surface area (Å²) in [5, 5.41) is 0. The summed E-state index contributed by atoms with van der Waals surface area (Å²) in [6.07, 6.45) is 4.45. The third-order valence-electron chi connectivity index (χ3n) is 4.07. The van der Waals surface area contributed by atoms with Crippen molar-refractivity contribution in [1.82, 2.24) is 4.90 Å². The topological polar surface area (TPSA) is 6.48 Å². The highest BCUT2D eigenvalue weighted by Gasteiger charge is 2.19. The molecule has 0 amide bonds. The highest BCUT2D eigenvalue weighted by atomic mass is 15.2. The summed E-state index contributed by atoms with van der Waals surface area (Å²) in [5.41, 5.74) is 5.18. The van der Waals surface area contributed by atoms with Crippen molar-refractivity contribution in [3.05, 3.63) is 59.7 Å². The average Bonchev–Trinajstić information content (AvgIpc) is 2.65. The fourth-order valence-corrected chi connectivity index (χ4v) is 3.25. The Hall–Kier alpha value is -2.06. The molecule has 2 aromatic carbocycles. The minimum Gasteiger partial charge on any atom is -0.340 e. The molecule has 0 spiro atoms. The number of anilines is 2. The van der Waals surface area contributed by atoms with Crippen molar-refractivity contribution in [3.63, 3.8) is 0 Å². The van der Waals surface area contributed by atoms with Gasteiger partial charge in [-0.2, -0.15) is 0 Å². The van der Waals surface area contributed by atoms with E-state index in [9.17, 15) is 0 Å².